The molecule has 1 heterocycles. The minimum atomic E-state index is -0.580. The van der Waals surface area contributed by atoms with Crippen molar-refractivity contribution >= 4 is 23.0 Å². The average molecular weight is 251 g/mol. The van der Waals surface area contributed by atoms with Crippen LogP contribution < -0.4 is 10.6 Å². The van der Waals surface area contributed by atoms with Gasteiger partial charge < -0.3 is 15.7 Å². The quantitative estimate of drug-likeness (QED) is 0.462. The fourth-order valence-electron chi connectivity index (χ4n) is 2.01. The highest BCUT2D eigenvalue weighted by atomic mass is 16.6. The van der Waals surface area contributed by atoms with E-state index in [1.165, 1.54) is 17.0 Å². The highest BCUT2D eigenvalue weighted by Gasteiger charge is 2.31. The van der Waals surface area contributed by atoms with Crippen molar-refractivity contribution in [3.8, 4) is 0 Å². The Balaban J connectivity index is 2.32. The monoisotopic (exact) mass is 251 g/mol. The maximum absolute atomic E-state index is 11.7. The van der Waals surface area contributed by atoms with Crippen LogP contribution in [-0.4, -0.2) is 29.1 Å². The van der Waals surface area contributed by atoms with Gasteiger partial charge in [0.05, 0.1) is 10.6 Å². The Morgan fingerprint density at radius 3 is 2.83 bits per heavy atom. The molecule has 1 aromatic rings. The number of amides is 1. The number of benzene rings is 1. The number of hydrogen-bond acceptors (Lipinski definition) is 5. The number of aliphatic hydroxyl groups excluding tert-OH is 1. The highest BCUT2D eigenvalue weighted by Crippen LogP contribution is 2.31. The Morgan fingerprint density at radius 2 is 2.28 bits per heavy atom. The number of rotatable bonds is 3. The zero-order chi connectivity index (χ0) is 13.3. The van der Waals surface area contributed by atoms with Crippen LogP contribution in [0.5, 0.6) is 0 Å². The highest BCUT2D eigenvalue weighted by molar-refractivity contribution is 5.96. The lowest BCUT2D eigenvalue weighted by Gasteiger charge is -2.16. The van der Waals surface area contributed by atoms with Crippen LogP contribution >= 0.6 is 0 Å². The van der Waals surface area contributed by atoms with Gasteiger partial charge in [-0.15, -0.1) is 0 Å². The molecule has 96 valence electrons. The molecule has 1 aromatic carbocycles. The fourth-order valence-corrected chi connectivity index (χ4v) is 2.01. The summed E-state index contributed by atoms with van der Waals surface area (Å²) in [5.74, 6) is -0.262. The van der Waals surface area contributed by atoms with Gasteiger partial charge in [-0.05, 0) is 12.1 Å². The van der Waals surface area contributed by atoms with Gasteiger partial charge in [-0.1, -0.05) is 0 Å². The molecule has 1 atom stereocenters. The molecule has 7 nitrogen and oxygen atoms in total. The molecular weight excluding hydrogens is 238 g/mol. The number of nitrogens with two attached hydrogens (primary N) is 1. The first-order valence-electron chi connectivity index (χ1n) is 5.48. The molecule has 1 unspecified atom stereocenters. The van der Waals surface area contributed by atoms with Crippen molar-refractivity contribution < 1.29 is 14.8 Å². The van der Waals surface area contributed by atoms with E-state index in [-0.39, 0.29) is 36.2 Å². The molecule has 0 saturated carbocycles. The van der Waals surface area contributed by atoms with Gasteiger partial charge in [0.1, 0.15) is 5.69 Å². The molecule has 1 fully saturated rings. The van der Waals surface area contributed by atoms with E-state index in [1.54, 1.807) is 6.07 Å². The summed E-state index contributed by atoms with van der Waals surface area (Å²) < 4.78 is 0. The Bertz CT molecular complexity index is 503. The number of nitro benzene ring substituents is 1. The van der Waals surface area contributed by atoms with E-state index >= 15 is 0 Å². The van der Waals surface area contributed by atoms with Crippen molar-refractivity contribution in [2.24, 2.45) is 5.92 Å². The van der Waals surface area contributed by atoms with Crippen LogP contribution in [0.1, 0.15) is 6.42 Å². The van der Waals surface area contributed by atoms with Gasteiger partial charge in [-0.2, -0.15) is 0 Å². The number of carbonyl (C=O) groups is 1. The lowest BCUT2D eigenvalue weighted by molar-refractivity contribution is -0.383. The van der Waals surface area contributed by atoms with Crippen LogP contribution in [0, 0.1) is 16.0 Å². The lowest BCUT2D eigenvalue weighted by atomic mass is 10.1. The van der Waals surface area contributed by atoms with Gasteiger partial charge in [-0.3, -0.25) is 14.9 Å². The minimum Gasteiger partial charge on any atom is -0.396 e. The summed E-state index contributed by atoms with van der Waals surface area (Å²) in [5, 5.41) is 19.8. The number of aliphatic hydroxyl groups is 1. The normalized spacial score (nSPS) is 19.3. The molecule has 0 bridgehead atoms. The molecule has 0 spiro atoms. The Labute approximate surface area is 103 Å². The van der Waals surface area contributed by atoms with Crippen LogP contribution in [0.4, 0.5) is 17.1 Å². The summed E-state index contributed by atoms with van der Waals surface area (Å²) in [5.41, 5.74) is 5.78. The lowest BCUT2D eigenvalue weighted by Crippen LogP contribution is -2.25. The number of nitrogen functional groups attached to an aromatic ring is 1. The average Bonchev–Trinajstić information content (AvgIpc) is 2.71. The van der Waals surface area contributed by atoms with Gasteiger partial charge in [-0.25, -0.2) is 0 Å². The van der Waals surface area contributed by atoms with E-state index < -0.39 is 4.92 Å². The maximum atomic E-state index is 11.7. The van der Waals surface area contributed by atoms with Crippen LogP contribution in [-0.2, 0) is 4.79 Å². The second kappa shape index (κ2) is 4.61. The molecule has 0 aromatic heterocycles. The van der Waals surface area contributed by atoms with Gasteiger partial charge >= 0.3 is 0 Å². The largest absolute Gasteiger partial charge is 0.396 e. The van der Waals surface area contributed by atoms with E-state index in [1.807, 2.05) is 0 Å². The molecule has 1 amide bonds. The number of anilines is 2. The molecular formula is C11H13N3O4. The molecule has 0 aliphatic carbocycles. The van der Waals surface area contributed by atoms with Crippen LogP contribution in [0.15, 0.2) is 18.2 Å². The maximum Gasteiger partial charge on any atom is 0.294 e. The van der Waals surface area contributed by atoms with Crippen molar-refractivity contribution in [2.75, 3.05) is 23.8 Å². The van der Waals surface area contributed by atoms with Crippen molar-refractivity contribution in [1.29, 1.82) is 0 Å². The van der Waals surface area contributed by atoms with Gasteiger partial charge in [0.2, 0.25) is 5.91 Å². The summed E-state index contributed by atoms with van der Waals surface area (Å²) in [7, 11) is 0. The SMILES string of the molecule is Nc1ccc(N2CC(CO)CC2=O)cc1[N+](=O)[O-]. The second-order valence-corrected chi connectivity index (χ2v) is 4.26. The van der Waals surface area contributed by atoms with E-state index in [0.29, 0.717) is 12.2 Å². The third kappa shape index (κ3) is 2.12. The zero-order valence-corrected chi connectivity index (χ0v) is 9.57. The first-order chi connectivity index (χ1) is 8.52. The first kappa shape index (κ1) is 12.3. The van der Waals surface area contributed by atoms with Crippen molar-refractivity contribution in [2.45, 2.75) is 6.42 Å². The minimum absolute atomic E-state index is 0.0640. The van der Waals surface area contributed by atoms with Crippen molar-refractivity contribution in [1.82, 2.24) is 0 Å². The molecule has 7 heteroatoms. The number of nitro groups is 1. The summed E-state index contributed by atoms with van der Waals surface area (Å²) in [4.78, 5) is 23.4. The Hall–Kier alpha value is -2.15. The van der Waals surface area contributed by atoms with Gasteiger partial charge in [0.25, 0.3) is 5.69 Å². The van der Waals surface area contributed by atoms with E-state index in [0.717, 1.165) is 0 Å². The molecule has 1 aliphatic heterocycles. The Kier molecular flexibility index (Phi) is 3.15. The number of carbonyl (C=O) groups excluding carboxylic acids is 1. The standard InChI is InChI=1S/C11H13N3O4/c12-9-2-1-8(4-10(9)14(17)18)13-5-7(6-15)3-11(13)16/h1-2,4,7,15H,3,5-6,12H2. The van der Waals surface area contributed by atoms with Crippen LogP contribution in [0.25, 0.3) is 0 Å². The first-order valence-corrected chi connectivity index (χ1v) is 5.48. The molecule has 18 heavy (non-hydrogen) atoms. The summed E-state index contributed by atoms with van der Waals surface area (Å²) >= 11 is 0. The number of nitrogens with zero attached hydrogens (tertiary/aromatic N) is 2. The molecule has 1 aliphatic rings. The van der Waals surface area contributed by atoms with E-state index in [2.05, 4.69) is 0 Å². The summed E-state index contributed by atoms with van der Waals surface area (Å²) in [6.07, 6.45) is 0.259. The molecule has 0 radical (unpaired) electrons. The van der Waals surface area contributed by atoms with E-state index in [4.69, 9.17) is 10.8 Å². The van der Waals surface area contributed by atoms with E-state index in [9.17, 15) is 14.9 Å². The zero-order valence-electron chi connectivity index (χ0n) is 9.57. The van der Waals surface area contributed by atoms with Crippen LogP contribution in [0.2, 0.25) is 0 Å². The fraction of sp³-hybridized carbons (Fsp3) is 0.364. The predicted molar refractivity (Wildman–Crippen MR) is 65.1 cm³/mol. The van der Waals surface area contributed by atoms with Crippen molar-refractivity contribution in [3.63, 3.8) is 0 Å². The molecule has 3 N–H and O–H groups in total. The third-order valence-corrected chi connectivity index (χ3v) is 2.99. The molecule has 2 rings (SSSR count). The Morgan fingerprint density at radius 1 is 1.56 bits per heavy atom. The van der Waals surface area contributed by atoms with Gasteiger partial charge in [0, 0.05) is 31.6 Å². The summed E-state index contributed by atoms with van der Waals surface area (Å²) in [6, 6.07) is 4.26. The predicted octanol–water partition coefficient (Wildman–Crippen LogP) is 0.522. The second-order valence-electron chi connectivity index (χ2n) is 4.26. The smallest absolute Gasteiger partial charge is 0.294 e. The summed E-state index contributed by atoms with van der Waals surface area (Å²) in [6.45, 7) is 0.301. The number of hydrogen-bond donors (Lipinski definition) is 2. The topological polar surface area (TPSA) is 110 Å². The third-order valence-electron chi connectivity index (χ3n) is 2.99. The van der Waals surface area contributed by atoms with Crippen LogP contribution in [0.3, 0.4) is 0 Å². The molecule has 1 saturated heterocycles. The van der Waals surface area contributed by atoms with Crippen molar-refractivity contribution in [3.05, 3.63) is 28.3 Å². The van der Waals surface area contributed by atoms with Gasteiger partial charge in [0.15, 0.2) is 0 Å².